The molecular formula is C16H16ClF3N4O2. The van der Waals surface area contributed by atoms with E-state index in [0.29, 0.717) is 6.07 Å². The van der Waals surface area contributed by atoms with Crippen LogP contribution in [0.4, 0.5) is 18.9 Å². The molecule has 0 saturated heterocycles. The van der Waals surface area contributed by atoms with Gasteiger partial charge < -0.3 is 10.6 Å². The first kappa shape index (κ1) is 19.8. The summed E-state index contributed by atoms with van der Waals surface area (Å²) < 4.78 is 39.0. The molecule has 0 bridgehead atoms. The lowest BCUT2D eigenvalue weighted by molar-refractivity contribution is -0.141. The van der Waals surface area contributed by atoms with Crippen molar-refractivity contribution in [2.45, 2.75) is 26.1 Å². The third kappa shape index (κ3) is 4.34. The van der Waals surface area contributed by atoms with E-state index in [4.69, 9.17) is 11.6 Å². The second-order valence-electron chi connectivity index (χ2n) is 5.78. The zero-order chi connectivity index (χ0) is 19.6. The van der Waals surface area contributed by atoms with Gasteiger partial charge in [-0.2, -0.15) is 18.3 Å². The number of carbonyl (C=O) groups is 2. The molecule has 2 amide bonds. The van der Waals surface area contributed by atoms with Gasteiger partial charge in [-0.15, -0.1) is 0 Å². The summed E-state index contributed by atoms with van der Waals surface area (Å²) in [5, 5.41) is 8.41. The highest BCUT2D eigenvalue weighted by atomic mass is 35.5. The van der Waals surface area contributed by atoms with Crippen LogP contribution in [0.1, 0.15) is 40.4 Å². The second-order valence-corrected chi connectivity index (χ2v) is 6.19. The Kier molecular flexibility index (Phi) is 5.60. The van der Waals surface area contributed by atoms with E-state index in [2.05, 4.69) is 15.7 Å². The van der Waals surface area contributed by atoms with E-state index in [-0.39, 0.29) is 28.0 Å². The Balaban J connectivity index is 2.35. The predicted octanol–water partition coefficient (Wildman–Crippen LogP) is 3.48. The van der Waals surface area contributed by atoms with E-state index in [9.17, 15) is 22.8 Å². The van der Waals surface area contributed by atoms with Crippen LogP contribution in [0.3, 0.4) is 0 Å². The highest BCUT2D eigenvalue weighted by molar-refractivity contribution is 6.35. The minimum Gasteiger partial charge on any atom is -0.350 e. The number of para-hydroxylation sites is 1. The number of aromatic nitrogens is 2. The SMILES string of the molecule is CC(C)NC(=O)c1cccc(Cl)c1NC(=O)c1cc(C(F)(F)F)nn1C. The monoisotopic (exact) mass is 388 g/mol. The van der Waals surface area contributed by atoms with E-state index in [1.807, 2.05) is 0 Å². The van der Waals surface area contributed by atoms with Crippen LogP contribution in [0.2, 0.25) is 5.02 Å². The molecule has 6 nitrogen and oxygen atoms in total. The largest absolute Gasteiger partial charge is 0.435 e. The van der Waals surface area contributed by atoms with Gasteiger partial charge >= 0.3 is 6.18 Å². The lowest BCUT2D eigenvalue weighted by atomic mass is 10.1. The summed E-state index contributed by atoms with van der Waals surface area (Å²) >= 11 is 6.06. The normalized spacial score (nSPS) is 11.5. The molecule has 0 aliphatic heterocycles. The Labute approximate surface area is 152 Å². The molecule has 2 N–H and O–H groups in total. The molecule has 0 aliphatic carbocycles. The molecule has 0 unspecified atom stereocenters. The van der Waals surface area contributed by atoms with Gasteiger partial charge in [0.15, 0.2) is 5.69 Å². The van der Waals surface area contributed by atoms with Crippen LogP contribution in [0.15, 0.2) is 24.3 Å². The van der Waals surface area contributed by atoms with Crippen molar-refractivity contribution < 1.29 is 22.8 Å². The maximum atomic E-state index is 12.7. The van der Waals surface area contributed by atoms with Gasteiger partial charge in [-0.3, -0.25) is 14.3 Å². The molecule has 0 fully saturated rings. The number of hydrogen-bond donors (Lipinski definition) is 2. The molecule has 0 radical (unpaired) electrons. The third-order valence-corrected chi connectivity index (χ3v) is 3.63. The van der Waals surface area contributed by atoms with Crippen LogP contribution < -0.4 is 10.6 Å². The molecule has 1 aromatic heterocycles. The van der Waals surface area contributed by atoms with E-state index in [1.54, 1.807) is 13.8 Å². The van der Waals surface area contributed by atoms with Gasteiger partial charge in [0.1, 0.15) is 5.69 Å². The summed E-state index contributed by atoms with van der Waals surface area (Å²) in [4.78, 5) is 24.7. The van der Waals surface area contributed by atoms with Crippen LogP contribution in [0.25, 0.3) is 0 Å². The quantitative estimate of drug-likeness (QED) is 0.841. The molecule has 26 heavy (non-hydrogen) atoms. The first-order valence-corrected chi connectivity index (χ1v) is 7.90. The number of benzene rings is 1. The zero-order valence-electron chi connectivity index (χ0n) is 14.1. The molecule has 140 valence electrons. The van der Waals surface area contributed by atoms with Crippen molar-refractivity contribution >= 4 is 29.1 Å². The van der Waals surface area contributed by atoms with Gasteiger partial charge in [0.25, 0.3) is 11.8 Å². The number of carbonyl (C=O) groups excluding carboxylic acids is 2. The fourth-order valence-electron chi connectivity index (χ4n) is 2.18. The Hall–Kier alpha value is -2.55. The van der Waals surface area contributed by atoms with Crippen LogP contribution in [-0.4, -0.2) is 27.6 Å². The fraction of sp³-hybridized carbons (Fsp3) is 0.312. The van der Waals surface area contributed by atoms with Gasteiger partial charge in [0, 0.05) is 19.2 Å². The number of anilines is 1. The first-order chi connectivity index (χ1) is 12.0. The summed E-state index contributed by atoms with van der Waals surface area (Å²) in [6.07, 6.45) is -4.68. The van der Waals surface area contributed by atoms with E-state index >= 15 is 0 Å². The predicted molar refractivity (Wildman–Crippen MR) is 90.2 cm³/mol. The number of nitrogens with one attached hydrogen (secondary N) is 2. The van der Waals surface area contributed by atoms with Crippen molar-refractivity contribution in [3.63, 3.8) is 0 Å². The van der Waals surface area contributed by atoms with Gasteiger partial charge in [-0.1, -0.05) is 17.7 Å². The van der Waals surface area contributed by atoms with Gasteiger partial charge in [0.2, 0.25) is 0 Å². The van der Waals surface area contributed by atoms with Crippen molar-refractivity contribution in [3.05, 3.63) is 46.2 Å². The van der Waals surface area contributed by atoms with Crippen molar-refractivity contribution in [1.29, 1.82) is 0 Å². The minimum atomic E-state index is -4.68. The van der Waals surface area contributed by atoms with Crippen LogP contribution in [0.5, 0.6) is 0 Å². The summed E-state index contributed by atoms with van der Waals surface area (Å²) in [5.74, 6) is -1.35. The van der Waals surface area contributed by atoms with Crippen LogP contribution in [0, 0.1) is 0 Å². The average molecular weight is 389 g/mol. The number of halogens is 4. The molecule has 0 saturated carbocycles. The number of amides is 2. The van der Waals surface area contributed by atoms with Gasteiger partial charge in [-0.05, 0) is 26.0 Å². The highest BCUT2D eigenvalue weighted by Gasteiger charge is 2.35. The smallest absolute Gasteiger partial charge is 0.350 e. The Morgan fingerprint density at radius 3 is 2.42 bits per heavy atom. The number of rotatable bonds is 4. The average Bonchev–Trinajstić information content (AvgIpc) is 2.90. The summed E-state index contributed by atoms with van der Waals surface area (Å²) in [7, 11) is 1.21. The van der Waals surface area contributed by atoms with Gasteiger partial charge in [0.05, 0.1) is 16.3 Å². The molecule has 0 spiro atoms. The van der Waals surface area contributed by atoms with Crippen LogP contribution >= 0.6 is 11.6 Å². The lowest BCUT2D eigenvalue weighted by Gasteiger charge is -2.14. The van der Waals surface area contributed by atoms with Gasteiger partial charge in [-0.25, -0.2) is 0 Å². The molecule has 10 heteroatoms. The van der Waals surface area contributed by atoms with E-state index < -0.39 is 23.7 Å². The summed E-state index contributed by atoms with van der Waals surface area (Å²) in [5.41, 5.74) is -1.42. The minimum absolute atomic E-state index is 0.00655. The summed E-state index contributed by atoms with van der Waals surface area (Å²) in [6, 6.07) is 4.90. The molecule has 1 heterocycles. The molecular weight excluding hydrogens is 373 g/mol. The lowest BCUT2D eigenvalue weighted by Crippen LogP contribution is -2.31. The number of aryl methyl sites for hydroxylation is 1. The molecule has 0 atom stereocenters. The van der Waals surface area contributed by atoms with Crippen molar-refractivity contribution in [2.75, 3.05) is 5.32 Å². The zero-order valence-corrected chi connectivity index (χ0v) is 14.9. The fourth-order valence-corrected chi connectivity index (χ4v) is 2.40. The highest BCUT2D eigenvalue weighted by Crippen LogP contribution is 2.30. The van der Waals surface area contributed by atoms with Crippen molar-refractivity contribution in [1.82, 2.24) is 15.1 Å². The second kappa shape index (κ2) is 7.36. The maximum absolute atomic E-state index is 12.7. The topological polar surface area (TPSA) is 76.0 Å². The van der Waals surface area contributed by atoms with E-state index in [1.165, 1.54) is 25.2 Å². The van der Waals surface area contributed by atoms with Crippen LogP contribution in [-0.2, 0) is 13.2 Å². The van der Waals surface area contributed by atoms with E-state index in [0.717, 1.165) is 4.68 Å². The Morgan fingerprint density at radius 1 is 1.23 bits per heavy atom. The summed E-state index contributed by atoms with van der Waals surface area (Å²) in [6.45, 7) is 3.52. The number of nitrogens with zero attached hydrogens (tertiary/aromatic N) is 2. The third-order valence-electron chi connectivity index (χ3n) is 3.32. The number of hydrogen-bond acceptors (Lipinski definition) is 3. The standard InChI is InChI=1S/C16H16ClF3N4O2/c1-8(2)21-14(25)9-5-4-6-10(17)13(9)22-15(26)11-7-12(16(18,19)20)23-24(11)3/h4-8H,1-3H3,(H,21,25)(H,22,26). The van der Waals surface area contributed by atoms with Crippen molar-refractivity contribution in [3.8, 4) is 0 Å². The molecule has 2 rings (SSSR count). The molecule has 1 aromatic carbocycles. The maximum Gasteiger partial charge on any atom is 0.435 e. The Morgan fingerprint density at radius 2 is 1.88 bits per heavy atom. The Bertz CT molecular complexity index is 847. The molecule has 0 aliphatic rings. The molecule has 2 aromatic rings. The number of alkyl halides is 3. The van der Waals surface area contributed by atoms with Crippen molar-refractivity contribution in [2.24, 2.45) is 7.05 Å². The first-order valence-electron chi connectivity index (χ1n) is 7.52.